The Hall–Kier alpha value is -1.22. The molecule has 2 aromatic rings. The number of hydrogen-bond donors (Lipinski definition) is 2. The molecule has 0 saturated heterocycles. The fourth-order valence-electron chi connectivity index (χ4n) is 1.51. The summed E-state index contributed by atoms with van der Waals surface area (Å²) in [5, 5.41) is 4.95. The summed E-state index contributed by atoms with van der Waals surface area (Å²) in [6.45, 7) is 6.72. The van der Waals surface area contributed by atoms with Crippen LogP contribution in [0.5, 0.6) is 0 Å². The molecule has 21 heavy (non-hydrogen) atoms. The summed E-state index contributed by atoms with van der Waals surface area (Å²) < 4.78 is 32.0. The molecule has 6 nitrogen and oxygen atoms in total. The van der Waals surface area contributed by atoms with Crippen molar-refractivity contribution in [2.75, 3.05) is 0 Å². The van der Waals surface area contributed by atoms with Gasteiger partial charge in [0.25, 0.3) is 10.0 Å². The first kappa shape index (κ1) is 16.2. The highest BCUT2D eigenvalue weighted by Gasteiger charge is 2.19. The predicted molar refractivity (Wildman–Crippen MR) is 81.4 cm³/mol. The van der Waals surface area contributed by atoms with E-state index in [0.717, 1.165) is 0 Å². The van der Waals surface area contributed by atoms with Crippen molar-refractivity contribution in [1.29, 1.82) is 0 Å². The minimum atomic E-state index is -3.65. The first-order valence-corrected chi connectivity index (χ1v) is 8.89. The van der Waals surface area contributed by atoms with Crippen LogP contribution in [-0.4, -0.2) is 18.9 Å². The lowest BCUT2D eigenvalue weighted by Gasteiger charge is -2.19. The van der Waals surface area contributed by atoms with Crippen molar-refractivity contribution in [3.05, 3.63) is 34.5 Å². The van der Waals surface area contributed by atoms with Crippen LogP contribution < -0.4 is 10.0 Å². The van der Waals surface area contributed by atoms with Gasteiger partial charge in [0.1, 0.15) is 5.76 Å². The summed E-state index contributed by atoms with van der Waals surface area (Å²) in [4.78, 5) is 4.03. The number of furan rings is 1. The van der Waals surface area contributed by atoms with E-state index in [9.17, 15) is 8.42 Å². The summed E-state index contributed by atoms with van der Waals surface area (Å²) in [5.74, 6) is 0.582. The molecule has 8 heteroatoms. The van der Waals surface area contributed by atoms with E-state index >= 15 is 0 Å². The molecule has 0 unspecified atom stereocenters. The van der Waals surface area contributed by atoms with Crippen molar-refractivity contribution in [3.63, 3.8) is 0 Å². The predicted octanol–water partition coefficient (Wildman–Crippen LogP) is 2.10. The Morgan fingerprint density at radius 1 is 1.29 bits per heavy atom. The lowest BCUT2D eigenvalue weighted by molar-refractivity contribution is 0.359. The van der Waals surface area contributed by atoms with E-state index in [1.165, 1.54) is 17.4 Å². The molecule has 0 fully saturated rings. The van der Waals surface area contributed by atoms with Crippen molar-refractivity contribution < 1.29 is 12.8 Å². The molecule has 2 N–H and O–H groups in total. The average molecular weight is 329 g/mol. The van der Waals surface area contributed by atoms with Gasteiger partial charge < -0.3 is 9.73 Å². The number of nitrogens with zero attached hydrogens (tertiary/aromatic N) is 1. The van der Waals surface area contributed by atoms with Crippen LogP contribution in [0.3, 0.4) is 0 Å². The zero-order valence-electron chi connectivity index (χ0n) is 12.2. The maximum absolute atomic E-state index is 12.1. The van der Waals surface area contributed by atoms with Gasteiger partial charge in [-0.15, -0.1) is 11.3 Å². The van der Waals surface area contributed by atoms with Crippen molar-refractivity contribution in [2.24, 2.45) is 0 Å². The standard InChI is InChI=1S/C13H19N3O3S2/c1-13(2,3)15-7-11-4-5-12(19-11)21(17,18)16-6-10-8-20-9-14-10/h4-5,8-9,15-16H,6-7H2,1-3H3. The van der Waals surface area contributed by atoms with Crippen LogP contribution in [0.1, 0.15) is 32.2 Å². The SMILES string of the molecule is CC(C)(C)NCc1ccc(S(=O)(=O)NCc2cscn2)o1. The molecular weight excluding hydrogens is 310 g/mol. The Morgan fingerprint density at radius 3 is 2.67 bits per heavy atom. The maximum Gasteiger partial charge on any atom is 0.274 e. The highest BCUT2D eigenvalue weighted by Crippen LogP contribution is 2.15. The summed E-state index contributed by atoms with van der Waals surface area (Å²) in [5.41, 5.74) is 2.28. The van der Waals surface area contributed by atoms with Gasteiger partial charge in [0.05, 0.1) is 24.3 Å². The van der Waals surface area contributed by atoms with Crippen LogP contribution in [0.2, 0.25) is 0 Å². The molecule has 2 aromatic heterocycles. The van der Waals surface area contributed by atoms with Gasteiger partial charge in [-0.2, -0.15) is 0 Å². The summed E-state index contributed by atoms with van der Waals surface area (Å²) in [6, 6.07) is 3.12. The summed E-state index contributed by atoms with van der Waals surface area (Å²) in [7, 11) is -3.65. The highest BCUT2D eigenvalue weighted by atomic mass is 32.2. The van der Waals surface area contributed by atoms with Crippen LogP contribution in [0.4, 0.5) is 0 Å². The van der Waals surface area contributed by atoms with E-state index in [1.807, 2.05) is 20.8 Å². The van der Waals surface area contributed by atoms with E-state index in [0.29, 0.717) is 18.0 Å². The molecule has 0 spiro atoms. The highest BCUT2D eigenvalue weighted by molar-refractivity contribution is 7.89. The Kier molecular flexibility index (Phi) is 4.82. The Balaban J connectivity index is 1.98. The van der Waals surface area contributed by atoms with Crippen LogP contribution in [-0.2, 0) is 23.1 Å². The second kappa shape index (κ2) is 6.27. The summed E-state index contributed by atoms with van der Waals surface area (Å²) >= 11 is 1.42. The van der Waals surface area contributed by atoms with Gasteiger partial charge in [0.2, 0.25) is 5.09 Å². The van der Waals surface area contributed by atoms with Gasteiger partial charge in [0, 0.05) is 10.9 Å². The second-order valence-corrected chi connectivity index (χ2v) is 8.05. The van der Waals surface area contributed by atoms with E-state index in [4.69, 9.17) is 4.42 Å². The molecule has 0 aliphatic carbocycles. The molecule has 2 heterocycles. The third kappa shape index (κ3) is 4.92. The molecule has 0 amide bonds. The minimum Gasteiger partial charge on any atom is -0.447 e. The minimum absolute atomic E-state index is 0.0608. The van der Waals surface area contributed by atoms with E-state index in [2.05, 4.69) is 15.0 Å². The van der Waals surface area contributed by atoms with Crippen molar-refractivity contribution >= 4 is 21.4 Å². The number of sulfonamides is 1. The Morgan fingerprint density at radius 2 is 2.05 bits per heavy atom. The first-order chi connectivity index (χ1) is 9.76. The number of nitrogens with one attached hydrogen (secondary N) is 2. The van der Waals surface area contributed by atoms with Crippen LogP contribution >= 0.6 is 11.3 Å². The van der Waals surface area contributed by atoms with E-state index in [1.54, 1.807) is 17.0 Å². The third-order valence-electron chi connectivity index (χ3n) is 2.62. The third-order valence-corrected chi connectivity index (χ3v) is 4.53. The smallest absolute Gasteiger partial charge is 0.274 e. The largest absolute Gasteiger partial charge is 0.447 e. The second-order valence-electron chi connectivity index (χ2n) is 5.63. The molecule has 2 rings (SSSR count). The molecule has 0 aromatic carbocycles. The number of thiazole rings is 1. The van der Waals surface area contributed by atoms with E-state index in [-0.39, 0.29) is 17.2 Å². The van der Waals surface area contributed by atoms with Crippen LogP contribution in [0.15, 0.2) is 32.5 Å². The number of rotatable bonds is 6. The van der Waals surface area contributed by atoms with Crippen LogP contribution in [0, 0.1) is 0 Å². The fraction of sp³-hybridized carbons (Fsp3) is 0.462. The topological polar surface area (TPSA) is 84.2 Å². The van der Waals surface area contributed by atoms with Gasteiger partial charge in [-0.1, -0.05) is 0 Å². The molecule has 0 aliphatic heterocycles. The first-order valence-electron chi connectivity index (χ1n) is 6.47. The molecule has 0 atom stereocenters. The monoisotopic (exact) mass is 329 g/mol. The number of hydrogen-bond acceptors (Lipinski definition) is 6. The maximum atomic E-state index is 12.1. The average Bonchev–Trinajstić information content (AvgIpc) is 3.05. The van der Waals surface area contributed by atoms with Gasteiger partial charge >= 0.3 is 0 Å². The molecule has 116 valence electrons. The molecule has 0 radical (unpaired) electrons. The Bertz CT molecular complexity index is 670. The van der Waals surface area contributed by atoms with Crippen molar-refractivity contribution in [1.82, 2.24) is 15.0 Å². The summed E-state index contributed by atoms with van der Waals surface area (Å²) in [6.07, 6.45) is 0. The molecule has 0 aliphatic rings. The van der Waals surface area contributed by atoms with Gasteiger partial charge in [-0.25, -0.2) is 18.1 Å². The lowest BCUT2D eigenvalue weighted by atomic mass is 10.1. The quantitative estimate of drug-likeness (QED) is 0.848. The van der Waals surface area contributed by atoms with Crippen molar-refractivity contribution in [2.45, 2.75) is 44.5 Å². The fourth-order valence-corrected chi connectivity index (χ4v) is 3.02. The zero-order chi connectivity index (χ0) is 15.5. The molecule has 0 bridgehead atoms. The number of aromatic nitrogens is 1. The van der Waals surface area contributed by atoms with E-state index < -0.39 is 10.0 Å². The van der Waals surface area contributed by atoms with Gasteiger partial charge in [-0.05, 0) is 32.9 Å². The molecule has 0 saturated carbocycles. The van der Waals surface area contributed by atoms with Gasteiger partial charge in [0.15, 0.2) is 0 Å². The zero-order valence-corrected chi connectivity index (χ0v) is 13.8. The van der Waals surface area contributed by atoms with Gasteiger partial charge in [-0.3, -0.25) is 0 Å². The van der Waals surface area contributed by atoms with Crippen molar-refractivity contribution in [3.8, 4) is 0 Å². The molecular formula is C13H19N3O3S2. The lowest BCUT2D eigenvalue weighted by Crippen LogP contribution is -2.34. The van der Waals surface area contributed by atoms with Crippen LogP contribution in [0.25, 0.3) is 0 Å². The normalized spacial score (nSPS) is 12.7. The Labute approximate surface area is 128 Å².